The van der Waals surface area contributed by atoms with Crippen molar-refractivity contribution in [3.8, 4) is 0 Å². The Labute approximate surface area is 191 Å². The van der Waals surface area contributed by atoms with Gasteiger partial charge in [-0.2, -0.15) is 0 Å². The monoisotopic (exact) mass is 471 g/mol. The van der Waals surface area contributed by atoms with Crippen molar-refractivity contribution in [2.75, 3.05) is 6.54 Å². The minimum absolute atomic E-state index is 0.0196. The maximum Gasteiger partial charge on any atom is 0.305 e. The predicted molar refractivity (Wildman–Crippen MR) is 116 cm³/mol. The van der Waals surface area contributed by atoms with Crippen LogP contribution in [-0.4, -0.2) is 49.6 Å². The van der Waals surface area contributed by atoms with Crippen LogP contribution in [0.4, 0.5) is 0 Å². The van der Waals surface area contributed by atoms with Crippen LogP contribution < -0.4 is 4.87 Å². The van der Waals surface area contributed by atoms with E-state index >= 15 is 0 Å². The minimum Gasteiger partial charge on any atom is -0.481 e. The SMILES string of the molecule is O=C(O)CCCN1C(=O)[C@@H]2[C@H]3C[C@@H]([C@@H]4Sc5[nH]c(=O)sc5[C@@H](c5cccnc5)[C@@H]34)[C@H]2C1=O. The molecule has 1 saturated heterocycles. The van der Waals surface area contributed by atoms with Gasteiger partial charge in [0.25, 0.3) is 0 Å². The van der Waals surface area contributed by atoms with E-state index in [0.29, 0.717) is 0 Å². The molecule has 4 heterocycles. The highest BCUT2D eigenvalue weighted by molar-refractivity contribution is 8.00. The van der Waals surface area contributed by atoms with Crippen molar-refractivity contribution in [3.05, 3.63) is 44.6 Å². The first-order valence-corrected chi connectivity index (χ1v) is 12.5. The van der Waals surface area contributed by atoms with E-state index in [4.69, 9.17) is 5.11 Å². The zero-order chi connectivity index (χ0) is 22.1. The number of rotatable bonds is 5. The van der Waals surface area contributed by atoms with Crippen LogP contribution >= 0.6 is 23.1 Å². The Morgan fingerprint density at radius 1 is 1.22 bits per heavy atom. The summed E-state index contributed by atoms with van der Waals surface area (Å²) in [5, 5.41) is 9.95. The summed E-state index contributed by atoms with van der Waals surface area (Å²) in [5.41, 5.74) is 1.04. The van der Waals surface area contributed by atoms with Crippen molar-refractivity contribution in [1.82, 2.24) is 14.9 Å². The lowest BCUT2D eigenvalue weighted by Gasteiger charge is -2.42. The van der Waals surface area contributed by atoms with E-state index in [1.165, 1.54) is 16.2 Å². The number of imide groups is 1. The van der Waals surface area contributed by atoms with Crippen molar-refractivity contribution in [3.63, 3.8) is 0 Å². The molecule has 6 rings (SSSR count). The minimum atomic E-state index is -0.925. The Kier molecular flexibility index (Phi) is 4.59. The fourth-order valence-corrected chi connectivity index (χ4v) is 9.51. The average molecular weight is 472 g/mol. The molecule has 2 aromatic heterocycles. The molecule has 2 aliphatic carbocycles. The number of H-pyrrole nitrogens is 1. The van der Waals surface area contributed by atoms with Crippen LogP contribution in [0, 0.1) is 29.6 Å². The van der Waals surface area contributed by atoms with Gasteiger partial charge in [-0.05, 0) is 42.2 Å². The third-order valence-electron chi connectivity index (χ3n) is 7.63. The standard InChI is InChI=1S/C22H21N3O5S2/c26-12(27)4-2-6-25-20(28)15-10-7-11(16(15)21(25)29)17-14(10)13(9-3-1-5-23-8-9)18-19(31-17)24-22(30)32-18/h1,3,5,8,10-11,13-17H,2,4,6-7H2,(H,24,30)(H,26,27)/t10-,11+,13-,14+,15+,16+,17-/m0/s1. The number of hydrogen-bond donors (Lipinski definition) is 2. The Balaban J connectivity index is 1.37. The number of carboxylic acids is 1. The first kappa shape index (κ1) is 20.2. The first-order chi connectivity index (χ1) is 15.5. The van der Waals surface area contributed by atoms with Gasteiger partial charge in [0, 0.05) is 41.4 Å². The van der Waals surface area contributed by atoms with Crippen LogP contribution in [0.15, 0.2) is 34.3 Å². The molecule has 0 unspecified atom stereocenters. The molecule has 0 radical (unpaired) electrons. The van der Waals surface area contributed by atoms with Crippen molar-refractivity contribution < 1.29 is 19.5 Å². The molecule has 0 spiro atoms. The number of aromatic nitrogens is 2. The summed E-state index contributed by atoms with van der Waals surface area (Å²) in [6, 6.07) is 3.92. The average Bonchev–Trinajstić information content (AvgIpc) is 3.49. The number of aliphatic carboxylic acids is 1. The molecule has 2 amide bonds. The normalized spacial score (nSPS) is 34.5. The molecule has 2 N–H and O–H groups in total. The quantitative estimate of drug-likeness (QED) is 0.641. The number of thiazole rings is 1. The van der Waals surface area contributed by atoms with Crippen molar-refractivity contribution in [2.24, 2.45) is 29.6 Å². The highest BCUT2D eigenvalue weighted by Gasteiger charge is 2.69. The summed E-state index contributed by atoms with van der Waals surface area (Å²) >= 11 is 2.89. The zero-order valence-corrected chi connectivity index (χ0v) is 18.6. The third-order valence-corrected chi connectivity index (χ3v) is 10.2. The molecule has 3 fully saturated rings. The van der Waals surface area contributed by atoms with E-state index in [-0.39, 0.29) is 76.8 Å². The molecule has 2 aliphatic heterocycles. The summed E-state index contributed by atoms with van der Waals surface area (Å²) in [5.74, 6) is -1.58. The fraction of sp³-hybridized carbons (Fsp3) is 0.500. The maximum atomic E-state index is 13.3. The predicted octanol–water partition coefficient (Wildman–Crippen LogP) is 2.17. The fourth-order valence-electron chi connectivity index (χ4n) is 6.62. The van der Waals surface area contributed by atoms with Gasteiger partial charge in [0.1, 0.15) is 0 Å². The Hall–Kier alpha value is -2.46. The van der Waals surface area contributed by atoms with Crippen LogP contribution in [-0.2, 0) is 14.4 Å². The second-order valence-electron chi connectivity index (χ2n) is 9.07. The number of thioether (sulfide) groups is 1. The van der Waals surface area contributed by atoms with Gasteiger partial charge in [0.15, 0.2) is 0 Å². The number of carbonyl (C=O) groups excluding carboxylic acids is 2. The molecule has 166 valence electrons. The molecule has 32 heavy (non-hydrogen) atoms. The maximum absolute atomic E-state index is 13.3. The summed E-state index contributed by atoms with van der Waals surface area (Å²) in [7, 11) is 0. The lowest BCUT2D eigenvalue weighted by atomic mass is 9.68. The highest BCUT2D eigenvalue weighted by atomic mass is 32.2. The van der Waals surface area contributed by atoms with E-state index in [0.717, 1.165) is 21.9 Å². The molecule has 0 aromatic carbocycles. The van der Waals surface area contributed by atoms with Crippen LogP contribution in [0.5, 0.6) is 0 Å². The van der Waals surface area contributed by atoms with Gasteiger partial charge < -0.3 is 10.1 Å². The Morgan fingerprint density at radius 3 is 2.72 bits per heavy atom. The van der Waals surface area contributed by atoms with Gasteiger partial charge in [0.05, 0.1) is 16.9 Å². The van der Waals surface area contributed by atoms with Gasteiger partial charge in [-0.3, -0.25) is 29.1 Å². The number of carboxylic acid groups (broad SMARTS) is 1. The van der Waals surface area contributed by atoms with E-state index in [1.54, 1.807) is 18.0 Å². The number of carbonyl (C=O) groups is 3. The van der Waals surface area contributed by atoms with E-state index in [1.807, 2.05) is 18.3 Å². The van der Waals surface area contributed by atoms with Gasteiger partial charge in [-0.1, -0.05) is 17.4 Å². The molecular formula is C22H21N3O5S2. The number of amides is 2. The summed E-state index contributed by atoms with van der Waals surface area (Å²) in [4.78, 5) is 59.1. The van der Waals surface area contributed by atoms with Crippen molar-refractivity contribution in [1.29, 1.82) is 0 Å². The van der Waals surface area contributed by atoms with Crippen molar-refractivity contribution in [2.45, 2.75) is 35.5 Å². The number of nitrogens with one attached hydrogen (secondary N) is 1. The molecular weight excluding hydrogens is 450 g/mol. The van der Waals surface area contributed by atoms with Gasteiger partial charge in [-0.25, -0.2) is 0 Å². The molecule has 8 nitrogen and oxygen atoms in total. The largest absolute Gasteiger partial charge is 0.481 e. The van der Waals surface area contributed by atoms with Crippen molar-refractivity contribution >= 4 is 40.9 Å². The van der Waals surface area contributed by atoms with E-state index in [9.17, 15) is 19.2 Å². The third kappa shape index (κ3) is 2.78. The number of nitrogens with zero attached hydrogens (tertiary/aromatic N) is 2. The number of pyridine rings is 1. The van der Waals surface area contributed by atoms with Crippen LogP contribution in [0.1, 0.15) is 35.6 Å². The number of aromatic amines is 1. The number of hydrogen-bond acceptors (Lipinski definition) is 7. The molecule has 4 aliphatic rings. The van der Waals surface area contributed by atoms with E-state index in [2.05, 4.69) is 9.97 Å². The second-order valence-corrected chi connectivity index (χ2v) is 11.3. The van der Waals surface area contributed by atoms with E-state index < -0.39 is 5.97 Å². The topological polar surface area (TPSA) is 120 Å². The molecule has 2 aromatic rings. The number of likely N-dealkylation sites (tertiary alicyclic amines) is 1. The summed E-state index contributed by atoms with van der Waals surface area (Å²) in [6.07, 6.45) is 4.63. The molecule has 7 atom stereocenters. The summed E-state index contributed by atoms with van der Waals surface area (Å²) < 4.78 is 0. The Morgan fingerprint density at radius 2 is 2.00 bits per heavy atom. The first-order valence-electron chi connectivity index (χ1n) is 10.8. The lowest BCUT2D eigenvalue weighted by molar-refractivity contribution is -0.142. The summed E-state index contributed by atoms with van der Waals surface area (Å²) in [6.45, 7) is 0.172. The molecule has 2 bridgehead atoms. The smallest absolute Gasteiger partial charge is 0.305 e. The van der Waals surface area contributed by atoms with Crippen LogP contribution in [0.3, 0.4) is 0 Å². The molecule has 10 heteroatoms. The van der Waals surface area contributed by atoms with Gasteiger partial charge in [-0.15, -0.1) is 11.8 Å². The zero-order valence-electron chi connectivity index (χ0n) is 17.0. The number of fused-ring (bicyclic) bond motifs is 9. The van der Waals surface area contributed by atoms with Gasteiger partial charge >= 0.3 is 10.8 Å². The molecule has 2 saturated carbocycles. The van der Waals surface area contributed by atoms with Crippen LogP contribution in [0.2, 0.25) is 0 Å². The van der Waals surface area contributed by atoms with Gasteiger partial charge in [0.2, 0.25) is 11.8 Å². The highest BCUT2D eigenvalue weighted by Crippen LogP contribution is 2.68. The second kappa shape index (κ2) is 7.28. The van der Waals surface area contributed by atoms with Crippen LogP contribution in [0.25, 0.3) is 0 Å². The lowest BCUT2D eigenvalue weighted by Crippen LogP contribution is -2.42. The Bertz CT molecular complexity index is 1180.